The Labute approximate surface area is 115 Å². The summed E-state index contributed by atoms with van der Waals surface area (Å²) >= 11 is -1.80. The van der Waals surface area contributed by atoms with Crippen molar-refractivity contribution in [1.29, 1.82) is 0 Å². The number of nitrogens with one attached hydrogen (secondary N) is 1. The minimum Gasteiger partial charge on any atom is -0.592 e. The first-order chi connectivity index (χ1) is 8.99. The van der Waals surface area contributed by atoms with E-state index in [1.807, 2.05) is 6.92 Å². The lowest BCUT2D eigenvalue weighted by molar-refractivity contribution is 0.576. The molecule has 0 amide bonds. The number of hydrogen-bond donors (Lipinski definition) is 1. The first-order valence-corrected chi connectivity index (χ1v) is 8.18. The number of sulfonamides is 1. The molecule has 1 atom stereocenters. The largest absolute Gasteiger partial charge is 0.592 e. The molecule has 0 saturated carbocycles. The molecule has 2 rings (SSSR count). The summed E-state index contributed by atoms with van der Waals surface area (Å²) in [6.07, 6.45) is 0. The smallest absolute Gasteiger partial charge is 0.280 e. The summed E-state index contributed by atoms with van der Waals surface area (Å²) < 4.78 is 38.1. The van der Waals surface area contributed by atoms with Gasteiger partial charge in [-0.05, 0) is 35.3 Å². The van der Waals surface area contributed by atoms with Gasteiger partial charge in [-0.25, -0.2) is 8.42 Å². The minimum atomic E-state index is -3.77. The SMILES string of the molecule is Cc1ccc(S(=O)(=O)N[S+]([O-])c2ccccc2)cc1. The molecule has 2 aromatic rings. The van der Waals surface area contributed by atoms with Gasteiger partial charge in [-0.2, -0.15) is 0 Å². The van der Waals surface area contributed by atoms with E-state index in [-0.39, 0.29) is 4.90 Å². The Morgan fingerprint density at radius 1 is 1.00 bits per heavy atom. The highest BCUT2D eigenvalue weighted by Gasteiger charge is 2.22. The van der Waals surface area contributed by atoms with Crippen LogP contribution in [0.1, 0.15) is 5.56 Å². The molecule has 0 aliphatic heterocycles. The normalized spacial score (nSPS) is 13.2. The average molecular weight is 295 g/mol. The number of rotatable bonds is 4. The fraction of sp³-hybridized carbons (Fsp3) is 0.0769. The third-order valence-electron chi connectivity index (χ3n) is 2.47. The van der Waals surface area contributed by atoms with Crippen molar-refractivity contribution in [1.82, 2.24) is 4.13 Å². The van der Waals surface area contributed by atoms with E-state index in [9.17, 15) is 13.0 Å². The van der Waals surface area contributed by atoms with Crippen molar-refractivity contribution >= 4 is 21.4 Å². The Morgan fingerprint density at radius 2 is 1.58 bits per heavy atom. The molecule has 6 heteroatoms. The predicted octanol–water partition coefficient (Wildman–Crippen LogP) is 2.00. The fourth-order valence-corrected chi connectivity index (χ4v) is 3.92. The molecular weight excluding hydrogens is 282 g/mol. The van der Waals surface area contributed by atoms with Crippen molar-refractivity contribution < 1.29 is 13.0 Å². The third kappa shape index (κ3) is 3.57. The third-order valence-corrected chi connectivity index (χ3v) is 5.55. The molecule has 0 bridgehead atoms. The molecule has 1 unspecified atom stereocenters. The van der Waals surface area contributed by atoms with Crippen LogP contribution in [0.3, 0.4) is 0 Å². The number of aryl methyl sites for hydroxylation is 1. The van der Waals surface area contributed by atoms with Crippen molar-refractivity contribution in [2.75, 3.05) is 0 Å². The second-order valence-electron chi connectivity index (χ2n) is 3.98. The van der Waals surface area contributed by atoms with Gasteiger partial charge >= 0.3 is 0 Å². The second-order valence-corrected chi connectivity index (χ2v) is 7.14. The van der Waals surface area contributed by atoms with E-state index in [4.69, 9.17) is 0 Å². The first kappa shape index (κ1) is 14.1. The standard InChI is InChI=1S/C13H13NO3S2/c1-11-7-9-13(10-8-11)19(16,17)14-18(15)12-5-3-2-4-6-12/h2-10,14H,1H3. The van der Waals surface area contributed by atoms with Crippen molar-refractivity contribution in [2.45, 2.75) is 16.7 Å². The maximum absolute atomic E-state index is 12.0. The van der Waals surface area contributed by atoms with Crippen LogP contribution >= 0.6 is 0 Å². The van der Waals surface area contributed by atoms with E-state index < -0.39 is 21.4 Å². The molecule has 0 aromatic heterocycles. The Bertz CT molecular complexity index is 639. The summed E-state index contributed by atoms with van der Waals surface area (Å²) in [6, 6.07) is 14.7. The Hall–Kier alpha value is -1.34. The van der Waals surface area contributed by atoms with Gasteiger partial charge in [0.25, 0.3) is 10.0 Å². The Kier molecular flexibility index (Phi) is 4.26. The molecule has 0 saturated heterocycles. The monoisotopic (exact) mass is 295 g/mol. The number of benzene rings is 2. The lowest BCUT2D eigenvalue weighted by Gasteiger charge is -2.10. The molecule has 4 nitrogen and oxygen atoms in total. The van der Waals surface area contributed by atoms with Gasteiger partial charge in [-0.15, -0.1) is 0 Å². The summed E-state index contributed by atoms with van der Waals surface area (Å²) in [5, 5.41) is 0. The minimum absolute atomic E-state index is 0.0994. The van der Waals surface area contributed by atoms with Gasteiger partial charge in [0, 0.05) is 0 Å². The summed E-state index contributed by atoms with van der Waals surface area (Å²) in [5.41, 5.74) is 0.961. The molecular formula is C13H13NO3S2. The maximum atomic E-state index is 12.0. The molecule has 0 spiro atoms. The van der Waals surface area contributed by atoms with Gasteiger partial charge < -0.3 is 4.55 Å². The van der Waals surface area contributed by atoms with Gasteiger partial charge in [-0.1, -0.05) is 35.9 Å². The molecule has 1 N–H and O–H groups in total. The van der Waals surface area contributed by atoms with Gasteiger partial charge in [0.15, 0.2) is 4.90 Å². The highest BCUT2D eigenvalue weighted by Crippen LogP contribution is 2.14. The molecule has 100 valence electrons. The molecule has 19 heavy (non-hydrogen) atoms. The first-order valence-electron chi connectivity index (χ1n) is 5.55. The summed E-state index contributed by atoms with van der Waals surface area (Å²) in [5.74, 6) is 0. The van der Waals surface area contributed by atoms with Gasteiger partial charge in [-0.3, -0.25) is 0 Å². The van der Waals surface area contributed by atoms with Crippen LogP contribution in [0.2, 0.25) is 0 Å². The van der Waals surface area contributed by atoms with Crippen LogP contribution in [0.15, 0.2) is 64.4 Å². The van der Waals surface area contributed by atoms with Crippen LogP contribution in [-0.4, -0.2) is 13.0 Å². The van der Waals surface area contributed by atoms with E-state index >= 15 is 0 Å². The van der Waals surface area contributed by atoms with Crippen LogP contribution in [0.4, 0.5) is 0 Å². The van der Waals surface area contributed by atoms with Gasteiger partial charge in [0.2, 0.25) is 0 Å². The van der Waals surface area contributed by atoms with E-state index in [1.165, 1.54) is 12.1 Å². The lowest BCUT2D eigenvalue weighted by Crippen LogP contribution is -2.30. The second kappa shape index (κ2) is 5.75. The fourth-order valence-electron chi connectivity index (χ4n) is 1.46. The summed E-state index contributed by atoms with van der Waals surface area (Å²) in [4.78, 5) is 0.514. The maximum Gasteiger partial charge on any atom is 0.280 e. The van der Waals surface area contributed by atoms with Crippen LogP contribution in [0.5, 0.6) is 0 Å². The zero-order valence-electron chi connectivity index (χ0n) is 10.2. The Morgan fingerprint density at radius 3 is 2.16 bits per heavy atom. The van der Waals surface area contributed by atoms with Crippen LogP contribution in [-0.2, 0) is 21.4 Å². The zero-order chi connectivity index (χ0) is 13.9. The molecule has 2 aromatic carbocycles. The van der Waals surface area contributed by atoms with Gasteiger partial charge in [0.05, 0.1) is 16.3 Å². The zero-order valence-corrected chi connectivity index (χ0v) is 11.9. The number of hydrogen-bond acceptors (Lipinski definition) is 3. The van der Waals surface area contributed by atoms with Crippen molar-refractivity contribution in [2.24, 2.45) is 0 Å². The molecule has 0 aliphatic carbocycles. The molecule has 0 aliphatic rings. The summed E-state index contributed by atoms with van der Waals surface area (Å²) in [7, 11) is -3.77. The Balaban J connectivity index is 2.20. The van der Waals surface area contributed by atoms with Crippen LogP contribution < -0.4 is 4.13 Å². The summed E-state index contributed by atoms with van der Waals surface area (Å²) in [6.45, 7) is 1.87. The predicted molar refractivity (Wildman–Crippen MR) is 74.4 cm³/mol. The van der Waals surface area contributed by atoms with E-state index in [0.717, 1.165) is 5.56 Å². The van der Waals surface area contributed by atoms with Crippen molar-refractivity contribution in [3.05, 3.63) is 60.2 Å². The van der Waals surface area contributed by atoms with E-state index in [2.05, 4.69) is 4.13 Å². The highest BCUT2D eigenvalue weighted by atomic mass is 32.3. The van der Waals surface area contributed by atoms with E-state index in [0.29, 0.717) is 4.90 Å². The lowest BCUT2D eigenvalue weighted by atomic mass is 10.2. The quantitative estimate of drug-likeness (QED) is 0.877. The highest BCUT2D eigenvalue weighted by molar-refractivity contribution is 8.04. The molecule has 0 radical (unpaired) electrons. The van der Waals surface area contributed by atoms with Crippen molar-refractivity contribution in [3.63, 3.8) is 0 Å². The molecule has 0 fully saturated rings. The van der Waals surface area contributed by atoms with Crippen LogP contribution in [0.25, 0.3) is 0 Å². The van der Waals surface area contributed by atoms with Crippen molar-refractivity contribution in [3.8, 4) is 0 Å². The van der Waals surface area contributed by atoms with E-state index in [1.54, 1.807) is 42.5 Å². The van der Waals surface area contributed by atoms with Crippen LogP contribution in [0, 0.1) is 6.92 Å². The topological polar surface area (TPSA) is 69.2 Å². The van der Waals surface area contributed by atoms with Gasteiger partial charge in [0.1, 0.15) is 0 Å². The molecule has 0 heterocycles. The average Bonchev–Trinajstić information content (AvgIpc) is 2.40.